The van der Waals surface area contributed by atoms with E-state index in [1.54, 1.807) is 6.07 Å². The molecule has 0 radical (unpaired) electrons. The van der Waals surface area contributed by atoms with Gasteiger partial charge in [0, 0.05) is 19.7 Å². The number of phenolic OH excluding ortho intramolecular Hbond substituents is 1. The molecule has 0 aliphatic carbocycles. The Balaban J connectivity index is 2.51. The summed E-state index contributed by atoms with van der Waals surface area (Å²) in [5.41, 5.74) is 1.19. The van der Waals surface area contributed by atoms with Crippen molar-refractivity contribution in [1.29, 1.82) is 0 Å². The predicted molar refractivity (Wildman–Crippen MR) is 73.3 cm³/mol. The molecule has 1 rings (SSSR count). The Morgan fingerprint density at radius 2 is 2.12 bits per heavy atom. The van der Waals surface area contributed by atoms with Crippen molar-refractivity contribution in [3.05, 3.63) is 28.2 Å². The highest BCUT2D eigenvalue weighted by Crippen LogP contribution is 2.24. The quantitative estimate of drug-likeness (QED) is 0.786. The van der Waals surface area contributed by atoms with E-state index in [2.05, 4.69) is 27.8 Å². The standard InChI is InChI=1S/C13H20BrNO2/c1-3-15(7-8-17-4-2)10-11-5-6-13(16)12(14)9-11/h5-6,9,16H,3-4,7-8,10H2,1-2H3. The average Bonchev–Trinajstić information content (AvgIpc) is 2.32. The van der Waals surface area contributed by atoms with Gasteiger partial charge in [0.15, 0.2) is 0 Å². The lowest BCUT2D eigenvalue weighted by atomic mass is 10.2. The van der Waals surface area contributed by atoms with Gasteiger partial charge in [0.05, 0.1) is 11.1 Å². The number of ether oxygens (including phenoxy) is 1. The number of hydrogen-bond donors (Lipinski definition) is 1. The van der Waals surface area contributed by atoms with Gasteiger partial charge in [-0.05, 0) is 47.1 Å². The number of nitrogens with zero attached hydrogens (tertiary/aromatic N) is 1. The molecule has 1 N–H and O–H groups in total. The summed E-state index contributed by atoms with van der Waals surface area (Å²) >= 11 is 3.33. The van der Waals surface area contributed by atoms with Gasteiger partial charge in [-0.3, -0.25) is 4.90 Å². The monoisotopic (exact) mass is 301 g/mol. The van der Waals surface area contributed by atoms with Crippen LogP contribution in [0.25, 0.3) is 0 Å². The molecule has 0 aliphatic rings. The molecule has 0 aliphatic heterocycles. The van der Waals surface area contributed by atoms with Gasteiger partial charge >= 0.3 is 0 Å². The first-order valence-corrected chi connectivity index (χ1v) is 6.74. The Hall–Kier alpha value is -0.580. The number of halogens is 1. The number of hydrogen-bond acceptors (Lipinski definition) is 3. The topological polar surface area (TPSA) is 32.7 Å². The smallest absolute Gasteiger partial charge is 0.129 e. The third-order valence-electron chi connectivity index (χ3n) is 2.62. The molecule has 1 aromatic rings. The van der Waals surface area contributed by atoms with Gasteiger partial charge < -0.3 is 9.84 Å². The molecule has 0 bridgehead atoms. The first-order chi connectivity index (χ1) is 8.17. The fourth-order valence-corrected chi connectivity index (χ4v) is 2.02. The van der Waals surface area contributed by atoms with Crippen LogP contribution in [0.3, 0.4) is 0 Å². The second kappa shape index (κ2) is 7.69. The number of benzene rings is 1. The molecule has 0 spiro atoms. The minimum atomic E-state index is 0.283. The maximum atomic E-state index is 9.43. The lowest BCUT2D eigenvalue weighted by Crippen LogP contribution is -2.27. The SMILES string of the molecule is CCOCCN(CC)Cc1ccc(O)c(Br)c1. The van der Waals surface area contributed by atoms with Crippen molar-refractivity contribution in [3.63, 3.8) is 0 Å². The summed E-state index contributed by atoms with van der Waals surface area (Å²) in [6.07, 6.45) is 0. The van der Waals surface area contributed by atoms with Gasteiger partial charge in [-0.25, -0.2) is 0 Å². The molecule has 3 nitrogen and oxygen atoms in total. The fraction of sp³-hybridized carbons (Fsp3) is 0.538. The Kier molecular flexibility index (Phi) is 6.55. The molecular weight excluding hydrogens is 282 g/mol. The molecule has 0 saturated carbocycles. The molecular formula is C13H20BrNO2. The van der Waals surface area contributed by atoms with Crippen LogP contribution in [0.4, 0.5) is 0 Å². The molecule has 0 heterocycles. The second-order valence-corrected chi connectivity index (χ2v) is 4.71. The van der Waals surface area contributed by atoms with E-state index in [4.69, 9.17) is 4.74 Å². The molecule has 0 fully saturated rings. The van der Waals surface area contributed by atoms with E-state index in [1.165, 1.54) is 5.56 Å². The Labute approximate surface area is 112 Å². The van der Waals surface area contributed by atoms with E-state index in [1.807, 2.05) is 19.1 Å². The molecule has 0 aromatic heterocycles. The van der Waals surface area contributed by atoms with Gasteiger partial charge in [-0.15, -0.1) is 0 Å². The normalized spacial score (nSPS) is 11.1. The zero-order chi connectivity index (χ0) is 12.7. The first kappa shape index (κ1) is 14.5. The lowest BCUT2D eigenvalue weighted by molar-refractivity contribution is 0.113. The Morgan fingerprint density at radius 1 is 1.35 bits per heavy atom. The van der Waals surface area contributed by atoms with Gasteiger partial charge in [0.25, 0.3) is 0 Å². The summed E-state index contributed by atoms with van der Waals surface area (Å²) in [6.45, 7) is 8.48. The molecule has 0 atom stereocenters. The van der Waals surface area contributed by atoms with Crippen LogP contribution >= 0.6 is 15.9 Å². The predicted octanol–water partition coefficient (Wildman–Crippen LogP) is 3.01. The summed E-state index contributed by atoms with van der Waals surface area (Å²) < 4.78 is 6.10. The molecule has 0 saturated heterocycles. The molecule has 96 valence electrons. The zero-order valence-electron chi connectivity index (χ0n) is 10.4. The van der Waals surface area contributed by atoms with Crippen LogP contribution < -0.4 is 0 Å². The maximum absolute atomic E-state index is 9.43. The summed E-state index contributed by atoms with van der Waals surface area (Å²) in [4.78, 5) is 2.31. The van der Waals surface area contributed by atoms with Gasteiger partial charge in [-0.2, -0.15) is 0 Å². The molecule has 0 unspecified atom stereocenters. The van der Waals surface area contributed by atoms with E-state index in [9.17, 15) is 5.11 Å². The molecule has 4 heteroatoms. The van der Waals surface area contributed by atoms with Crippen LogP contribution in [0.1, 0.15) is 19.4 Å². The van der Waals surface area contributed by atoms with Crippen molar-refractivity contribution in [2.24, 2.45) is 0 Å². The summed E-state index contributed by atoms with van der Waals surface area (Å²) in [7, 11) is 0. The van der Waals surface area contributed by atoms with Crippen molar-refractivity contribution >= 4 is 15.9 Å². The van der Waals surface area contributed by atoms with E-state index < -0.39 is 0 Å². The van der Waals surface area contributed by atoms with E-state index in [0.29, 0.717) is 0 Å². The van der Waals surface area contributed by atoms with E-state index in [0.717, 1.165) is 37.3 Å². The third kappa shape index (κ3) is 5.06. The average molecular weight is 302 g/mol. The van der Waals surface area contributed by atoms with Gasteiger partial charge in [0.1, 0.15) is 5.75 Å². The highest BCUT2D eigenvalue weighted by molar-refractivity contribution is 9.10. The zero-order valence-corrected chi connectivity index (χ0v) is 12.0. The van der Waals surface area contributed by atoms with Crippen LogP contribution in [0, 0.1) is 0 Å². The van der Waals surface area contributed by atoms with Crippen LogP contribution in [-0.2, 0) is 11.3 Å². The lowest BCUT2D eigenvalue weighted by Gasteiger charge is -2.20. The number of rotatable bonds is 7. The second-order valence-electron chi connectivity index (χ2n) is 3.85. The van der Waals surface area contributed by atoms with Gasteiger partial charge in [0.2, 0.25) is 0 Å². The van der Waals surface area contributed by atoms with E-state index in [-0.39, 0.29) is 5.75 Å². The molecule has 17 heavy (non-hydrogen) atoms. The molecule has 0 amide bonds. The van der Waals surface area contributed by atoms with Crippen LogP contribution in [0.15, 0.2) is 22.7 Å². The maximum Gasteiger partial charge on any atom is 0.129 e. The Morgan fingerprint density at radius 3 is 2.71 bits per heavy atom. The first-order valence-electron chi connectivity index (χ1n) is 5.94. The van der Waals surface area contributed by atoms with Gasteiger partial charge in [-0.1, -0.05) is 13.0 Å². The number of aromatic hydroxyl groups is 1. The summed E-state index contributed by atoms with van der Waals surface area (Å²) in [6, 6.07) is 5.62. The molecule has 1 aromatic carbocycles. The van der Waals surface area contributed by atoms with Crippen LogP contribution in [0.5, 0.6) is 5.75 Å². The number of phenols is 1. The largest absolute Gasteiger partial charge is 0.507 e. The summed E-state index contributed by atoms with van der Waals surface area (Å²) in [5.74, 6) is 0.283. The van der Waals surface area contributed by atoms with Crippen molar-refractivity contribution < 1.29 is 9.84 Å². The van der Waals surface area contributed by atoms with E-state index >= 15 is 0 Å². The highest BCUT2D eigenvalue weighted by atomic mass is 79.9. The van der Waals surface area contributed by atoms with Crippen molar-refractivity contribution in [3.8, 4) is 5.75 Å². The van der Waals surface area contributed by atoms with Crippen molar-refractivity contribution in [2.45, 2.75) is 20.4 Å². The van der Waals surface area contributed by atoms with Crippen LogP contribution in [0.2, 0.25) is 0 Å². The highest BCUT2D eigenvalue weighted by Gasteiger charge is 2.05. The number of likely N-dealkylation sites (N-methyl/N-ethyl adjacent to an activating group) is 1. The fourth-order valence-electron chi connectivity index (χ4n) is 1.59. The van der Waals surface area contributed by atoms with Crippen molar-refractivity contribution in [1.82, 2.24) is 4.90 Å². The van der Waals surface area contributed by atoms with Crippen molar-refractivity contribution in [2.75, 3.05) is 26.3 Å². The van der Waals surface area contributed by atoms with Crippen LogP contribution in [-0.4, -0.2) is 36.3 Å². The minimum Gasteiger partial charge on any atom is -0.507 e. The minimum absolute atomic E-state index is 0.283. The third-order valence-corrected chi connectivity index (χ3v) is 3.26. The summed E-state index contributed by atoms with van der Waals surface area (Å²) in [5, 5.41) is 9.43. The Bertz CT molecular complexity index is 344.